The number of aryl methyl sites for hydroxylation is 3. The first-order valence-corrected chi connectivity index (χ1v) is 9.37. The molecule has 1 aliphatic carbocycles. The molecule has 26 heavy (non-hydrogen) atoms. The smallest absolute Gasteiger partial charge is 0.414 e. The molecule has 0 bridgehead atoms. The number of morpholine rings is 1. The highest BCUT2D eigenvalue weighted by Crippen LogP contribution is 2.39. The van der Waals surface area contributed by atoms with Crippen LogP contribution in [0.2, 0.25) is 0 Å². The Morgan fingerprint density at radius 3 is 2.38 bits per heavy atom. The summed E-state index contributed by atoms with van der Waals surface area (Å²) < 4.78 is 5.48. The molecule has 140 valence electrons. The van der Waals surface area contributed by atoms with Gasteiger partial charge in [-0.2, -0.15) is 0 Å². The number of carboxylic acids is 2. The van der Waals surface area contributed by atoms with Gasteiger partial charge in [0.1, 0.15) is 16.5 Å². The Labute approximate surface area is 154 Å². The Morgan fingerprint density at radius 1 is 1.08 bits per heavy atom. The van der Waals surface area contributed by atoms with Gasteiger partial charge in [0.25, 0.3) is 0 Å². The van der Waals surface area contributed by atoms with E-state index in [4.69, 9.17) is 29.5 Å². The molecule has 2 aromatic heterocycles. The van der Waals surface area contributed by atoms with Gasteiger partial charge in [-0.3, -0.25) is 0 Å². The Balaban J connectivity index is 0.000000286. The Bertz CT molecular complexity index is 817. The number of rotatable bonds is 1. The summed E-state index contributed by atoms with van der Waals surface area (Å²) in [6.07, 6.45) is 5.03. The lowest BCUT2D eigenvalue weighted by atomic mass is 9.97. The maximum atomic E-state index is 9.10. The number of carbonyl (C=O) groups is 2. The zero-order valence-electron chi connectivity index (χ0n) is 14.5. The molecule has 8 nitrogen and oxygen atoms in total. The summed E-state index contributed by atoms with van der Waals surface area (Å²) in [7, 11) is 0. The van der Waals surface area contributed by atoms with Gasteiger partial charge < -0.3 is 19.8 Å². The molecule has 0 unspecified atom stereocenters. The van der Waals surface area contributed by atoms with Crippen molar-refractivity contribution < 1.29 is 24.5 Å². The number of anilines is 1. The van der Waals surface area contributed by atoms with Crippen molar-refractivity contribution in [3.05, 3.63) is 16.3 Å². The minimum atomic E-state index is -1.82. The Kier molecular flexibility index (Phi) is 5.67. The second kappa shape index (κ2) is 7.96. The molecule has 4 rings (SSSR count). The summed E-state index contributed by atoms with van der Waals surface area (Å²) >= 11 is 1.88. The van der Waals surface area contributed by atoms with Crippen molar-refractivity contribution in [1.82, 2.24) is 9.97 Å². The predicted octanol–water partition coefficient (Wildman–Crippen LogP) is 1.87. The number of ether oxygens (including phenoxy) is 1. The second-order valence-corrected chi connectivity index (χ2v) is 7.28. The number of fused-ring (bicyclic) bond motifs is 3. The van der Waals surface area contributed by atoms with Crippen LogP contribution in [-0.2, 0) is 27.2 Å². The van der Waals surface area contributed by atoms with Crippen LogP contribution in [0, 0.1) is 6.92 Å². The lowest BCUT2D eigenvalue weighted by molar-refractivity contribution is -0.159. The topological polar surface area (TPSA) is 113 Å². The summed E-state index contributed by atoms with van der Waals surface area (Å²) in [5, 5.41) is 16.1. The Hall–Kier alpha value is -2.26. The number of nitrogens with zero attached hydrogens (tertiary/aromatic N) is 3. The van der Waals surface area contributed by atoms with Crippen LogP contribution in [0.4, 0.5) is 5.82 Å². The molecule has 2 N–H and O–H groups in total. The minimum absolute atomic E-state index is 0.802. The van der Waals surface area contributed by atoms with E-state index in [9.17, 15) is 0 Å². The normalized spacial score (nSPS) is 16.6. The van der Waals surface area contributed by atoms with Crippen LogP contribution >= 0.6 is 11.3 Å². The first-order chi connectivity index (χ1) is 12.5. The molecule has 1 aliphatic heterocycles. The zero-order valence-corrected chi connectivity index (χ0v) is 15.3. The summed E-state index contributed by atoms with van der Waals surface area (Å²) in [6, 6.07) is 0. The largest absolute Gasteiger partial charge is 0.473 e. The zero-order chi connectivity index (χ0) is 18.7. The van der Waals surface area contributed by atoms with Crippen LogP contribution in [0.1, 0.15) is 29.1 Å². The van der Waals surface area contributed by atoms with Crippen molar-refractivity contribution in [3.8, 4) is 0 Å². The minimum Gasteiger partial charge on any atom is -0.473 e. The lowest BCUT2D eigenvalue weighted by Gasteiger charge is -2.29. The summed E-state index contributed by atoms with van der Waals surface area (Å²) in [4.78, 5) is 32.8. The standard InChI is InChI=1S/C15H19N3OS.C2H2O4/c1-10-16-14(18-6-8-19-9-7-18)13-11-4-2-3-5-12(11)20-15(13)17-10;3-1(4)2(5)6/h2-9H2,1H3;(H,3,4)(H,5,6). The van der Waals surface area contributed by atoms with E-state index in [1.165, 1.54) is 41.5 Å². The second-order valence-electron chi connectivity index (χ2n) is 6.20. The summed E-state index contributed by atoms with van der Waals surface area (Å²) in [5.41, 5.74) is 1.53. The van der Waals surface area contributed by atoms with Crippen LogP contribution in [0.3, 0.4) is 0 Å². The fourth-order valence-electron chi connectivity index (χ4n) is 3.25. The monoisotopic (exact) mass is 379 g/mol. The highest BCUT2D eigenvalue weighted by molar-refractivity contribution is 7.19. The molecule has 2 aliphatic rings. The van der Waals surface area contributed by atoms with Crippen LogP contribution < -0.4 is 4.90 Å². The van der Waals surface area contributed by atoms with Gasteiger partial charge in [-0.05, 0) is 38.2 Å². The van der Waals surface area contributed by atoms with E-state index < -0.39 is 11.9 Å². The van der Waals surface area contributed by atoms with Crippen molar-refractivity contribution in [2.75, 3.05) is 31.2 Å². The molecule has 0 aromatic carbocycles. The van der Waals surface area contributed by atoms with Gasteiger partial charge in [0.15, 0.2) is 0 Å². The van der Waals surface area contributed by atoms with Gasteiger partial charge >= 0.3 is 11.9 Å². The molecule has 0 radical (unpaired) electrons. The van der Waals surface area contributed by atoms with Crippen molar-refractivity contribution in [2.24, 2.45) is 0 Å². The van der Waals surface area contributed by atoms with E-state index in [1.54, 1.807) is 4.88 Å². The lowest BCUT2D eigenvalue weighted by Crippen LogP contribution is -2.37. The highest BCUT2D eigenvalue weighted by Gasteiger charge is 2.24. The van der Waals surface area contributed by atoms with Crippen molar-refractivity contribution in [2.45, 2.75) is 32.6 Å². The SMILES string of the molecule is Cc1nc(N2CCOCC2)c2c3c(sc2n1)CCCC3.O=C(O)C(=O)O. The van der Waals surface area contributed by atoms with Crippen molar-refractivity contribution >= 4 is 39.3 Å². The first-order valence-electron chi connectivity index (χ1n) is 8.55. The fraction of sp³-hybridized carbons (Fsp3) is 0.529. The van der Waals surface area contributed by atoms with E-state index in [-0.39, 0.29) is 0 Å². The summed E-state index contributed by atoms with van der Waals surface area (Å²) in [6.45, 7) is 5.49. The third kappa shape index (κ3) is 3.94. The number of hydrogen-bond donors (Lipinski definition) is 2. The number of carboxylic acid groups (broad SMARTS) is 2. The van der Waals surface area contributed by atoms with E-state index >= 15 is 0 Å². The van der Waals surface area contributed by atoms with Crippen LogP contribution in [0.5, 0.6) is 0 Å². The van der Waals surface area contributed by atoms with Gasteiger partial charge in [0.05, 0.1) is 18.6 Å². The van der Waals surface area contributed by atoms with Gasteiger partial charge in [0, 0.05) is 18.0 Å². The third-order valence-electron chi connectivity index (χ3n) is 4.40. The average Bonchev–Trinajstić information content (AvgIpc) is 3.00. The molecule has 0 atom stereocenters. The number of aliphatic carboxylic acids is 2. The average molecular weight is 379 g/mol. The molecule has 0 spiro atoms. The maximum absolute atomic E-state index is 9.10. The number of thiophene rings is 1. The van der Waals surface area contributed by atoms with E-state index in [0.717, 1.165) is 37.9 Å². The maximum Gasteiger partial charge on any atom is 0.414 e. The number of aromatic nitrogens is 2. The van der Waals surface area contributed by atoms with Gasteiger partial charge in [-0.1, -0.05) is 0 Å². The van der Waals surface area contributed by atoms with Crippen molar-refractivity contribution in [1.29, 1.82) is 0 Å². The van der Waals surface area contributed by atoms with Gasteiger partial charge in [-0.25, -0.2) is 19.6 Å². The molecular formula is C17H21N3O5S. The highest BCUT2D eigenvalue weighted by atomic mass is 32.1. The van der Waals surface area contributed by atoms with Crippen LogP contribution in [0.15, 0.2) is 0 Å². The molecule has 0 saturated carbocycles. The number of hydrogen-bond acceptors (Lipinski definition) is 7. The van der Waals surface area contributed by atoms with Crippen LogP contribution in [-0.4, -0.2) is 58.4 Å². The first kappa shape index (κ1) is 18.5. The summed E-state index contributed by atoms with van der Waals surface area (Å²) in [5.74, 6) is -1.61. The third-order valence-corrected chi connectivity index (χ3v) is 5.59. The molecule has 1 saturated heterocycles. The van der Waals surface area contributed by atoms with Gasteiger partial charge in [0.2, 0.25) is 0 Å². The Morgan fingerprint density at radius 2 is 1.73 bits per heavy atom. The van der Waals surface area contributed by atoms with E-state index in [1.807, 2.05) is 18.3 Å². The molecule has 9 heteroatoms. The predicted molar refractivity (Wildman–Crippen MR) is 97.1 cm³/mol. The molecule has 3 heterocycles. The van der Waals surface area contributed by atoms with Gasteiger partial charge in [-0.15, -0.1) is 11.3 Å². The molecule has 0 amide bonds. The molecule has 1 fully saturated rings. The van der Waals surface area contributed by atoms with Crippen molar-refractivity contribution in [3.63, 3.8) is 0 Å². The molecule has 2 aromatic rings. The van der Waals surface area contributed by atoms with E-state index in [2.05, 4.69) is 9.88 Å². The quantitative estimate of drug-likeness (QED) is 0.722. The van der Waals surface area contributed by atoms with E-state index in [0.29, 0.717) is 0 Å². The fourth-order valence-corrected chi connectivity index (χ4v) is 4.55. The van der Waals surface area contributed by atoms with Crippen LogP contribution in [0.25, 0.3) is 10.2 Å². The molecular weight excluding hydrogens is 358 g/mol.